The first-order chi connectivity index (χ1) is 9.45. The number of benzene rings is 1. The number of primary amides is 1. The lowest BCUT2D eigenvalue weighted by Crippen LogP contribution is -2.40. The lowest BCUT2D eigenvalue weighted by Gasteiger charge is -2.25. The Kier molecular flexibility index (Phi) is 3.21. The highest BCUT2D eigenvalue weighted by atomic mass is 79.9. The Morgan fingerprint density at radius 2 is 2.25 bits per heavy atom. The molecule has 0 saturated heterocycles. The second kappa shape index (κ2) is 4.78. The van der Waals surface area contributed by atoms with Gasteiger partial charge in [-0.25, -0.2) is 0 Å². The van der Waals surface area contributed by atoms with Gasteiger partial charge in [0.1, 0.15) is 0 Å². The van der Waals surface area contributed by atoms with Crippen molar-refractivity contribution in [2.75, 3.05) is 0 Å². The molecule has 2 aromatic rings. The SMILES string of the molecule is NC(=O)CC1Cn2c(=O)c(=O)[nH]c3cc(Br)cc(c32)S1. The normalized spacial score (nSPS) is 17.4. The number of aromatic amines is 1. The lowest BCUT2D eigenvalue weighted by molar-refractivity contribution is -0.118. The summed E-state index contributed by atoms with van der Waals surface area (Å²) in [5.41, 5.74) is 5.26. The summed E-state index contributed by atoms with van der Waals surface area (Å²) in [6, 6.07) is 3.62. The van der Waals surface area contributed by atoms with E-state index in [4.69, 9.17) is 5.73 Å². The largest absolute Gasteiger partial charge is 0.370 e. The van der Waals surface area contributed by atoms with E-state index in [1.54, 1.807) is 6.07 Å². The average Bonchev–Trinajstić information content (AvgIpc) is 2.33. The summed E-state index contributed by atoms with van der Waals surface area (Å²) in [6.07, 6.45) is 0.164. The Bertz CT molecular complexity index is 842. The van der Waals surface area contributed by atoms with Crippen LogP contribution in [-0.4, -0.2) is 20.7 Å². The Morgan fingerprint density at radius 1 is 1.50 bits per heavy atom. The molecule has 104 valence electrons. The van der Waals surface area contributed by atoms with Crippen molar-refractivity contribution >= 4 is 44.6 Å². The summed E-state index contributed by atoms with van der Waals surface area (Å²) < 4.78 is 2.23. The minimum Gasteiger partial charge on any atom is -0.370 e. The highest BCUT2D eigenvalue weighted by Crippen LogP contribution is 2.37. The van der Waals surface area contributed by atoms with Gasteiger partial charge in [0.2, 0.25) is 5.91 Å². The van der Waals surface area contributed by atoms with E-state index >= 15 is 0 Å². The van der Waals surface area contributed by atoms with E-state index in [0.29, 0.717) is 17.6 Å². The van der Waals surface area contributed by atoms with E-state index in [1.807, 2.05) is 6.07 Å². The third-order valence-corrected chi connectivity index (χ3v) is 4.78. The molecule has 3 rings (SSSR count). The minimum absolute atomic E-state index is 0.142. The van der Waals surface area contributed by atoms with Gasteiger partial charge >= 0.3 is 11.1 Å². The number of carbonyl (C=O) groups is 1. The van der Waals surface area contributed by atoms with Crippen LogP contribution in [0.3, 0.4) is 0 Å². The minimum atomic E-state index is -0.661. The highest BCUT2D eigenvalue weighted by Gasteiger charge is 2.25. The van der Waals surface area contributed by atoms with Crippen molar-refractivity contribution in [2.45, 2.75) is 23.1 Å². The van der Waals surface area contributed by atoms with E-state index < -0.39 is 17.0 Å². The van der Waals surface area contributed by atoms with Crippen molar-refractivity contribution in [3.8, 4) is 0 Å². The first-order valence-corrected chi connectivity index (χ1v) is 7.54. The maximum atomic E-state index is 12.0. The number of H-pyrrole nitrogens is 1. The van der Waals surface area contributed by atoms with Crippen LogP contribution >= 0.6 is 27.7 Å². The van der Waals surface area contributed by atoms with Crippen molar-refractivity contribution in [3.63, 3.8) is 0 Å². The molecular weight excluding hydrogens is 346 g/mol. The summed E-state index contributed by atoms with van der Waals surface area (Å²) in [5, 5.41) is -0.142. The Morgan fingerprint density at radius 3 is 2.95 bits per heavy atom. The molecule has 1 unspecified atom stereocenters. The van der Waals surface area contributed by atoms with E-state index in [0.717, 1.165) is 9.37 Å². The third-order valence-electron chi connectivity index (χ3n) is 3.11. The molecule has 0 saturated carbocycles. The highest BCUT2D eigenvalue weighted by molar-refractivity contribution is 9.10. The molecule has 1 aliphatic heterocycles. The fourth-order valence-corrected chi connectivity index (χ4v) is 4.33. The van der Waals surface area contributed by atoms with Crippen LogP contribution in [0.2, 0.25) is 0 Å². The fourth-order valence-electron chi connectivity index (χ4n) is 2.36. The van der Waals surface area contributed by atoms with Crippen molar-refractivity contribution in [3.05, 3.63) is 37.3 Å². The topological polar surface area (TPSA) is 97.9 Å². The number of rotatable bonds is 2. The molecule has 0 fully saturated rings. The number of hydrogen-bond donors (Lipinski definition) is 2. The molecule has 0 bridgehead atoms. The molecule has 1 amide bonds. The molecule has 8 heteroatoms. The lowest BCUT2D eigenvalue weighted by atomic mass is 10.2. The molecule has 1 aromatic heterocycles. The number of carbonyl (C=O) groups excluding carboxylic acids is 1. The second-order valence-corrected chi connectivity index (χ2v) is 6.84. The van der Waals surface area contributed by atoms with Crippen LogP contribution < -0.4 is 16.9 Å². The average molecular weight is 356 g/mol. The summed E-state index contributed by atoms with van der Waals surface area (Å²) in [5.74, 6) is -0.421. The van der Waals surface area contributed by atoms with Crippen LogP contribution in [0.1, 0.15) is 6.42 Å². The van der Waals surface area contributed by atoms with Gasteiger partial charge in [-0.3, -0.25) is 19.0 Å². The van der Waals surface area contributed by atoms with Gasteiger partial charge in [-0.15, -0.1) is 11.8 Å². The number of nitrogens with zero attached hydrogens (tertiary/aromatic N) is 1. The van der Waals surface area contributed by atoms with Gasteiger partial charge in [0, 0.05) is 27.6 Å². The predicted molar refractivity (Wildman–Crippen MR) is 80.0 cm³/mol. The first kappa shape index (κ1) is 13.4. The molecule has 0 aliphatic carbocycles. The molecule has 6 nitrogen and oxygen atoms in total. The van der Waals surface area contributed by atoms with E-state index in [9.17, 15) is 14.4 Å². The molecule has 2 heterocycles. The van der Waals surface area contributed by atoms with Crippen molar-refractivity contribution in [1.82, 2.24) is 9.55 Å². The van der Waals surface area contributed by atoms with Gasteiger partial charge in [-0.1, -0.05) is 15.9 Å². The maximum absolute atomic E-state index is 12.0. The van der Waals surface area contributed by atoms with Gasteiger partial charge in [0.15, 0.2) is 0 Å². The molecule has 0 spiro atoms. The van der Waals surface area contributed by atoms with E-state index in [-0.39, 0.29) is 11.7 Å². The summed E-state index contributed by atoms with van der Waals surface area (Å²) >= 11 is 4.87. The molecule has 1 atom stereocenters. The fraction of sp³-hybridized carbons (Fsp3) is 0.250. The molecule has 1 aromatic carbocycles. The van der Waals surface area contributed by atoms with E-state index in [2.05, 4.69) is 20.9 Å². The van der Waals surface area contributed by atoms with Crippen molar-refractivity contribution < 1.29 is 4.79 Å². The van der Waals surface area contributed by atoms with Gasteiger partial charge < -0.3 is 10.7 Å². The number of aromatic nitrogens is 2. The molecular formula is C12H10BrN3O3S. The van der Waals surface area contributed by atoms with Crippen molar-refractivity contribution in [1.29, 1.82) is 0 Å². The third kappa shape index (κ3) is 2.18. The standard InChI is InChI=1S/C12H10BrN3O3S/c13-5-1-7-10-8(2-5)20-6(3-9(14)17)4-16(10)12(19)11(18)15-7/h1-2,6H,3-4H2,(H2,14,17)(H,15,18). The van der Waals surface area contributed by atoms with Crippen LogP contribution in [-0.2, 0) is 11.3 Å². The summed E-state index contributed by atoms with van der Waals surface area (Å²) in [6.45, 7) is 0.307. The smallest absolute Gasteiger partial charge is 0.316 e. The molecule has 0 radical (unpaired) electrons. The number of amides is 1. The predicted octanol–water partition coefficient (Wildman–Crippen LogP) is 0.802. The van der Waals surface area contributed by atoms with Crippen LogP contribution in [0, 0.1) is 0 Å². The van der Waals surface area contributed by atoms with E-state index in [1.165, 1.54) is 16.3 Å². The Balaban J connectivity index is 2.28. The number of nitrogens with one attached hydrogen (secondary N) is 1. The zero-order valence-corrected chi connectivity index (χ0v) is 12.6. The second-order valence-electron chi connectivity index (χ2n) is 4.58. The van der Waals surface area contributed by atoms with Crippen LogP contribution in [0.15, 0.2) is 31.1 Å². The number of halogens is 1. The van der Waals surface area contributed by atoms with Gasteiger partial charge in [-0.2, -0.15) is 0 Å². The zero-order valence-electron chi connectivity index (χ0n) is 10.2. The summed E-state index contributed by atoms with van der Waals surface area (Å²) in [4.78, 5) is 38.2. The van der Waals surface area contributed by atoms with Crippen molar-refractivity contribution in [2.24, 2.45) is 5.73 Å². The van der Waals surface area contributed by atoms with Crippen LogP contribution in [0.5, 0.6) is 0 Å². The van der Waals surface area contributed by atoms with Gasteiger partial charge in [-0.05, 0) is 12.1 Å². The first-order valence-electron chi connectivity index (χ1n) is 5.87. The number of nitrogens with two attached hydrogens (primary N) is 1. The molecule has 1 aliphatic rings. The molecule has 20 heavy (non-hydrogen) atoms. The van der Waals surface area contributed by atoms with Gasteiger partial charge in [0.25, 0.3) is 0 Å². The number of hydrogen-bond acceptors (Lipinski definition) is 4. The monoisotopic (exact) mass is 355 g/mol. The Labute approximate surface area is 125 Å². The molecule has 3 N–H and O–H groups in total. The maximum Gasteiger partial charge on any atom is 0.316 e. The van der Waals surface area contributed by atoms with Gasteiger partial charge in [0.05, 0.1) is 11.0 Å². The zero-order chi connectivity index (χ0) is 14.4. The van der Waals surface area contributed by atoms with Crippen LogP contribution in [0.25, 0.3) is 11.0 Å². The Hall–Kier alpha value is -1.54. The summed E-state index contributed by atoms with van der Waals surface area (Å²) in [7, 11) is 0. The van der Waals surface area contributed by atoms with Crippen LogP contribution in [0.4, 0.5) is 0 Å². The quantitative estimate of drug-likeness (QED) is 0.778. The number of thioether (sulfide) groups is 1.